The van der Waals surface area contributed by atoms with Gasteiger partial charge in [-0.25, -0.2) is 9.18 Å². The third-order valence-electron chi connectivity index (χ3n) is 5.45. The molecule has 26 heavy (non-hydrogen) atoms. The normalized spacial score (nSPS) is 15.7. The van der Waals surface area contributed by atoms with Gasteiger partial charge >= 0.3 is 5.63 Å². The Hall–Kier alpha value is -2.82. The smallest absolute Gasteiger partial charge is 0.339 e. The van der Waals surface area contributed by atoms with Crippen molar-refractivity contribution in [3.8, 4) is 5.75 Å². The maximum absolute atomic E-state index is 14.0. The van der Waals surface area contributed by atoms with Crippen LogP contribution in [0.15, 0.2) is 39.5 Å². The molecule has 0 saturated heterocycles. The molecule has 1 aliphatic heterocycles. The number of nitrogens with zero attached hydrogens (tertiary/aromatic N) is 1. The molecule has 0 atom stereocenters. The van der Waals surface area contributed by atoms with Gasteiger partial charge in [0.05, 0.1) is 12.1 Å². The fraction of sp³-hybridized carbons (Fsp3) is 0.286. The summed E-state index contributed by atoms with van der Waals surface area (Å²) >= 11 is 0. The Morgan fingerprint density at radius 1 is 1.08 bits per heavy atom. The van der Waals surface area contributed by atoms with Crippen LogP contribution >= 0.6 is 0 Å². The number of benzene rings is 2. The van der Waals surface area contributed by atoms with E-state index in [2.05, 4.69) is 0 Å². The lowest BCUT2D eigenvalue weighted by molar-refractivity contribution is 0.289. The highest BCUT2D eigenvalue weighted by atomic mass is 19.1. The van der Waals surface area contributed by atoms with Crippen molar-refractivity contribution in [1.29, 1.82) is 0 Å². The van der Waals surface area contributed by atoms with Crippen LogP contribution in [0.5, 0.6) is 5.75 Å². The average Bonchev–Trinajstić information content (AvgIpc) is 3.14. The summed E-state index contributed by atoms with van der Waals surface area (Å²) in [4.78, 5) is 14.3. The molecule has 2 aliphatic rings. The SMILES string of the molecule is Cc1ccc(N2COc3ccc4c5c(c(=O)oc4c3C2)CCC5)cc1F. The Morgan fingerprint density at radius 2 is 1.92 bits per heavy atom. The number of aryl methyl sites for hydroxylation is 2. The topological polar surface area (TPSA) is 42.7 Å². The molecule has 3 aromatic rings. The second kappa shape index (κ2) is 5.59. The van der Waals surface area contributed by atoms with Crippen LogP contribution in [0.3, 0.4) is 0 Å². The maximum Gasteiger partial charge on any atom is 0.339 e. The molecule has 1 aliphatic carbocycles. The van der Waals surface area contributed by atoms with Crippen LogP contribution in [0.1, 0.15) is 28.7 Å². The highest BCUT2D eigenvalue weighted by Gasteiger charge is 2.26. The molecule has 0 unspecified atom stereocenters. The molecule has 0 amide bonds. The number of halogens is 1. The molecule has 4 nitrogen and oxygen atoms in total. The van der Waals surface area contributed by atoms with Gasteiger partial charge in [-0.1, -0.05) is 6.07 Å². The molecule has 5 heteroatoms. The Morgan fingerprint density at radius 3 is 2.77 bits per heavy atom. The summed E-state index contributed by atoms with van der Waals surface area (Å²) in [5.41, 5.74) is 4.49. The van der Waals surface area contributed by atoms with Crippen molar-refractivity contribution in [2.24, 2.45) is 0 Å². The largest absolute Gasteiger partial charge is 0.473 e. The number of fused-ring (bicyclic) bond motifs is 5. The molecule has 0 N–H and O–H groups in total. The van der Waals surface area contributed by atoms with Gasteiger partial charge in [0.15, 0.2) is 6.73 Å². The predicted octanol–water partition coefficient (Wildman–Crippen LogP) is 4.09. The minimum absolute atomic E-state index is 0.239. The molecule has 0 radical (unpaired) electrons. The molecule has 132 valence electrons. The van der Waals surface area contributed by atoms with Crippen molar-refractivity contribution in [2.45, 2.75) is 32.7 Å². The van der Waals surface area contributed by atoms with Crippen molar-refractivity contribution in [2.75, 3.05) is 11.6 Å². The first kappa shape index (κ1) is 15.4. The minimum atomic E-state index is -0.240. The summed E-state index contributed by atoms with van der Waals surface area (Å²) < 4.78 is 25.5. The first-order chi connectivity index (χ1) is 12.6. The van der Waals surface area contributed by atoms with Gasteiger partial charge in [-0.15, -0.1) is 0 Å². The van der Waals surface area contributed by atoms with Crippen LogP contribution in [0.25, 0.3) is 11.0 Å². The zero-order chi connectivity index (χ0) is 17.8. The lowest BCUT2D eigenvalue weighted by atomic mass is 10.0. The van der Waals surface area contributed by atoms with Gasteiger partial charge in [0, 0.05) is 16.6 Å². The lowest BCUT2D eigenvalue weighted by Crippen LogP contribution is -2.32. The van der Waals surface area contributed by atoms with Crippen molar-refractivity contribution in [3.63, 3.8) is 0 Å². The first-order valence-electron chi connectivity index (χ1n) is 8.86. The Bertz CT molecular complexity index is 1100. The third-order valence-corrected chi connectivity index (χ3v) is 5.45. The molecule has 0 saturated carbocycles. The lowest BCUT2D eigenvalue weighted by Gasteiger charge is -2.31. The Labute approximate surface area is 149 Å². The molecule has 2 heterocycles. The predicted molar refractivity (Wildman–Crippen MR) is 97.3 cm³/mol. The molecule has 5 rings (SSSR count). The van der Waals surface area contributed by atoms with Crippen LogP contribution < -0.4 is 15.3 Å². The highest BCUT2D eigenvalue weighted by Crippen LogP contribution is 2.37. The van der Waals surface area contributed by atoms with E-state index in [1.54, 1.807) is 13.0 Å². The van der Waals surface area contributed by atoms with E-state index in [4.69, 9.17) is 9.15 Å². The summed E-state index contributed by atoms with van der Waals surface area (Å²) in [5.74, 6) is 0.484. The molecule has 1 aromatic heterocycles. The van der Waals surface area contributed by atoms with Gasteiger partial charge in [0.25, 0.3) is 0 Å². The molecule has 0 spiro atoms. The molecular formula is C21H18FNO3. The number of hydrogen-bond acceptors (Lipinski definition) is 4. The van der Waals surface area contributed by atoms with Crippen molar-refractivity contribution in [3.05, 3.63) is 68.8 Å². The van der Waals surface area contributed by atoms with Gasteiger partial charge < -0.3 is 14.1 Å². The Kier molecular flexibility index (Phi) is 3.32. The van der Waals surface area contributed by atoms with Crippen LogP contribution in [0.4, 0.5) is 10.1 Å². The third kappa shape index (κ3) is 2.23. The summed E-state index contributed by atoms with van der Waals surface area (Å²) in [6.45, 7) is 2.58. The summed E-state index contributed by atoms with van der Waals surface area (Å²) in [7, 11) is 0. The van der Waals surface area contributed by atoms with Crippen molar-refractivity contribution < 1.29 is 13.5 Å². The molecular weight excluding hydrogens is 333 g/mol. The zero-order valence-corrected chi connectivity index (χ0v) is 14.5. The van der Waals surface area contributed by atoms with Gasteiger partial charge in [-0.2, -0.15) is 0 Å². The Balaban J connectivity index is 1.64. The summed E-state index contributed by atoms with van der Waals surface area (Å²) in [5, 5.41) is 0.997. The monoisotopic (exact) mass is 351 g/mol. The van der Waals surface area contributed by atoms with E-state index in [0.717, 1.165) is 52.8 Å². The number of hydrogen-bond donors (Lipinski definition) is 0. The average molecular weight is 351 g/mol. The van der Waals surface area contributed by atoms with Crippen LogP contribution in [-0.2, 0) is 19.4 Å². The highest BCUT2D eigenvalue weighted by molar-refractivity contribution is 5.87. The van der Waals surface area contributed by atoms with E-state index < -0.39 is 0 Å². The van der Waals surface area contributed by atoms with E-state index in [0.29, 0.717) is 24.4 Å². The second-order valence-corrected chi connectivity index (χ2v) is 7.02. The van der Waals surface area contributed by atoms with Crippen LogP contribution in [0, 0.1) is 12.7 Å². The van der Waals surface area contributed by atoms with E-state index in [-0.39, 0.29) is 11.4 Å². The summed E-state index contributed by atoms with van der Waals surface area (Å²) in [6, 6.07) is 9.09. The second-order valence-electron chi connectivity index (χ2n) is 7.02. The van der Waals surface area contributed by atoms with Crippen LogP contribution in [0.2, 0.25) is 0 Å². The maximum atomic E-state index is 14.0. The standard InChI is InChI=1S/C21H18FNO3/c1-12-5-6-13(9-18(12)22)23-10-17-19(25-11-23)8-7-15-14-3-2-4-16(14)21(24)26-20(15)17/h5-9H,2-4,10-11H2,1H3. The van der Waals surface area contributed by atoms with Crippen molar-refractivity contribution in [1.82, 2.24) is 0 Å². The molecule has 2 aromatic carbocycles. The van der Waals surface area contributed by atoms with Crippen LogP contribution in [-0.4, -0.2) is 6.73 Å². The van der Waals surface area contributed by atoms with Gasteiger partial charge in [-0.3, -0.25) is 0 Å². The zero-order valence-electron chi connectivity index (χ0n) is 14.5. The van der Waals surface area contributed by atoms with Gasteiger partial charge in [0.2, 0.25) is 0 Å². The number of ether oxygens (including phenoxy) is 1. The summed E-state index contributed by atoms with van der Waals surface area (Å²) in [6.07, 6.45) is 2.68. The first-order valence-corrected chi connectivity index (χ1v) is 8.86. The molecule has 0 fully saturated rings. The molecule has 0 bridgehead atoms. The van der Waals surface area contributed by atoms with E-state index in [1.807, 2.05) is 23.1 Å². The number of rotatable bonds is 1. The van der Waals surface area contributed by atoms with Crippen molar-refractivity contribution >= 4 is 16.7 Å². The minimum Gasteiger partial charge on any atom is -0.473 e. The van der Waals surface area contributed by atoms with E-state index >= 15 is 0 Å². The van der Waals surface area contributed by atoms with Gasteiger partial charge in [-0.05, 0) is 61.6 Å². The van der Waals surface area contributed by atoms with E-state index in [1.165, 1.54) is 6.07 Å². The fourth-order valence-electron chi connectivity index (χ4n) is 4.00. The fourth-order valence-corrected chi connectivity index (χ4v) is 4.00. The van der Waals surface area contributed by atoms with E-state index in [9.17, 15) is 9.18 Å². The van der Waals surface area contributed by atoms with Gasteiger partial charge in [0.1, 0.15) is 17.1 Å². The number of anilines is 1. The quantitative estimate of drug-likeness (QED) is 0.620.